The molecule has 5 heteroatoms. The molecule has 1 aromatic heterocycles. The zero-order valence-corrected chi connectivity index (χ0v) is 15.1. The van der Waals surface area contributed by atoms with Gasteiger partial charge in [0.1, 0.15) is 5.03 Å². The fourth-order valence-corrected chi connectivity index (χ4v) is 4.39. The molecule has 2 aromatic rings. The second kappa shape index (κ2) is 7.46. The van der Waals surface area contributed by atoms with Crippen molar-refractivity contribution >= 4 is 45.9 Å². The highest BCUT2D eigenvalue weighted by Gasteiger charge is 2.20. The number of benzene rings is 1. The zero-order chi connectivity index (χ0) is 15.4. The Balaban J connectivity index is 1.78. The van der Waals surface area contributed by atoms with Crippen LogP contribution in [0.2, 0.25) is 0 Å². The van der Waals surface area contributed by atoms with E-state index in [0.717, 1.165) is 14.3 Å². The Morgan fingerprint density at radius 1 is 1.18 bits per heavy atom. The molecular formula is C17H17IN2OS. The quantitative estimate of drug-likeness (QED) is 0.705. The summed E-state index contributed by atoms with van der Waals surface area (Å²) < 4.78 is 1.03. The van der Waals surface area contributed by atoms with E-state index in [1.807, 2.05) is 36.4 Å². The first kappa shape index (κ1) is 15.8. The standard InChI is InChI=1S/C17H17IN2OS/c18-14-9-3-4-10-15(14)20-16(21)13-8-5-11-19-17(13)22-12-6-1-2-7-12/h3-5,8-12H,1-2,6-7H2,(H,20,21). The van der Waals surface area contributed by atoms with Crippen molar-refractivity contribution in [2.45, 2.75) is 36.0 Å². The Morgan fingerprint density at radius 2 is 1.95 bits per heavy atom. The summed E-state index contributed by atoms with van der Waals surface area (Å²) in [5.74, 6) is -0.0855. The molecule has 1 aliphatic rings. The highest BCUT2D eigenvalue weighted by Crippen LogP contribution is 2.35. The molecule has 3 nitrogen and oxygen atoms in total. The minimum absolute atomic E-state index is 0.0855. The summed E-state index contributed by atoms with van der Waals surface area (Å²) in [7, 11) is 0. The summed E-state index contributed by atoms with van der Waals surface area (Å²) in [6.45, 7) is 0. The molecule has 1 heterocycles. The summed E-state index contributed by atoms with van der Waals surface area (Å²) >= 11 is 3.97. The van der Waals surface area contributed by atoms with Crippen molar-refractivity contribution < 1.29 is 4.79 Å². The van der Waals surface area contributed by atoms with E-state index < -0.39 is 0 Å². The molecule has 1 saturated carbocycles. The number of rotatable bonds is 4. The van der Waals surface area contributed by atoms with Crippen LogP contribution < -0.4 is 5.32 Å². The molecule has 0 atom stereocenters. The lowest BCUT2D eigenvalue weighted by molar-refractivity contribution is 0.102. The molecular weight excluding hydrogens is 407 g/mol. The van der Waals surface area contributed by atoms with Crippen molar-refractivity contribution in [3.05, 3.63) is 51.7 Å². The summed E-state index contributed by atoms with van der Waals surface area (Å²) in [5.41, 5.74) is 1.51. The van der Waals surface area contributed by atoms with Gasteiger partial charge in [0.25, 0.3) is 5.91 Å². The Labute approximate surface area is 148 Å². The third-order valence-electron chi connectivity index (χ3n) is 3.72. The number of para-hydroxylation sites is 1. The van der Waals surface area contributed by atoms with Crippen molar-refractivity contribution in [3.8, 4) is 0 Å². The number of thioether (sulfide) groups is 1. The van der Waals surface area contributed by atoms with E-state index >= 15 is 0 Å². The number of nitrogens with zero attached hydrogens (tertiary/aromatic N) is 1. The van der Waals surface area contributed by atoms with E-state index in [1.165, 1.54) is 25.7 Å². The average molecular weight is 424 g/mol. The number of anilines is 1. The molecule has 0 bridgehead atoms. The molecule has 0 radical (unpaired) electrons. The molecule has 22 heavy (non-hydrogen) atoms. The number of nitrogens with one attached hydrogen (secondary N) is 1. The minimum atomic E-state index is -0.0855. The third kappa shape index (κ3) is 3.81. The van der Waals surface area contributed by atoms with Crippen LogP contribution in [0.1, 0.15) is 36.0 Å². The maximum absolute atomic E-state index is 12.6. The van der Waals surface area contributed by atoms with Crippen molar-refractivity contribution in [3.63, 3.8) is 0 Å². The Morgan fingerprint density at radius 3 is 2.73 bits per heavy atom. The zero-order valence-electron chi connectivity index (χ0n) is 12.1. The molecule has 1 aromatic carbocycles. The molecule has 1 aliphatic carbocycles. The van der Waals surface area contributed by atoms with Gasteiger partial charge >= 0.3 is 0 Å². The van der Waals surface area contributed by atoms with Gasteiger partial charge in [0.2, 0.25) is 0 Å². The fourth-order valence-electron chi connectivity index (χ4n) is 2.57. The summed E-state index contributed by atoms with van der Waals surface area (Å²) in [6, 6.07) is 11.5. The van der Waals surface area contributed by atoms with E-state index in [-0.39, 0.29) is 5.91 Å². The van der Waals surface area contributed by atoms with Crippen LogP contribution in [-0.4, -0.2) is 16.1 Å². The van der Waals surface area contributed by atoms with Gasteiger partial charge in [0, 0.05) is 15.0 Å². The molecule has 1 N–H and O–H groups in total. The van der Waals surface area contributed by atoms with Gasteiger partial charge in [-0.2, -0.15) is 0 Å². The second-order valence-electron chi connectivity index (χ2n) is 5.31. The van der Waals surface area contributed by atoms with Gasteiger partial charge in [-0.25, -0.2) is 4.98 Å². The van der Waals surface area contributed by atoms with Crippen LogP contribution in [-0.2, 0) is 0 Å². The van der Waals surface area contributed by atoms with Gasteiger partial charge in [-0.15, -0.1) is 11.8 Å². The summed E-state index contributed by atoms with van der Waals surface area (Å²) in [6.07, 6.45) is 6.78. The Hall–Kier alpha value is -1.08. The van der Waals surface area contributed by atoms with Crippen LogP contribution in [0.3, 0.4) is 0 Å². The largest absolute Gasteiger partial charge is 0.321 e. The molecule has 0 aliphatic heterocycles. The molecule has 0 spiro atoms. The van der Waals surface area contributed by atoms with E-state index in [2.05, 4.69) is 32.9 Å². The Kier molecular flexibility index (Phi) is 5.36. The lowest BCUT2D eigenvalue weighted by Gasteiger charge is -2.12. The van der Waals surface area contributed by atoms with Crippen molar-refractivity contribution in [1.29, 1.82) is 0 Å². The maximum Gasteiger partial charge on any atom is 0.258 e. The topological polar surface area (TPSA) is 42.0 Å². The number of carbonyl (C=O) groups is 1. The van der Waals surface area contributed by atoms with E-state index in [9.17, 15) is 4.79 Å². The van der Waals surface area contributed by atoms with Crippen LogP contribution in [0.4, 0.5) is 5.69 Å². The monoisotopic (exact) mass is 424 g/mol. The molecule has 0 saturated heterocycles. The third-order valence-corrected chi connectivity index (χ3v) is 6.01. The maximum atomic E-state index is 12.6. The van der Waals surface area contributed by atoms with Gasteiger partial charge in [-0.1, -0.05) is 25.0 Å². The Bertz CT molecular complexity index is 671. The van der Waals surface area contributed by atoms with Gasteiger partial charge in [-0.3, -0.25) is 4.79 Å². The number of hydrogen-bond donors (Lipinski definition) is 1. The fraction of sp³-hybridized carbons (Fsp3) is 0.294. The van der Waals surface area contributed by atoms with Gasteiger partial charge in [-0.05, 0) is 59.7 Å². The number of carbonyl (C=O) groups excluding carboxylic acids is 1. The second-order valence-corrected chi connectivity index (χ2v) is 7.77. The summed E-state index contributed by atoms with van der Waals surface area (Å²) in [4.78, 5) is 17.0. The average Bonchev–Trinajstić information content (AvgIpc) is 3.03. The predicted octanol–water partition coefficient (Wildman–Crippen LogP) is 4.97. The summed E-state index contributed by atoms with van der Waals surface area (Å²) in [5, 5.41) is 4.43. The number of aromatic nitrogens is 1. The number of amides is 1. The van der Waals surface area contributed by atoms with E-state index in [0.29, 0.717) is 10.8 Å². The highest BCUT2D eigenvalue weighted by molar-refractivity contribution is 14.1. The van der Waals surface area contributed by atoms with Gasteiger partial charge < -0.3 is 5.32 Å². The van der Waals surface area contributed by atoms with Crippen molar-refractivity contribution in [2.24, 2.45) is 0 Å². The molecule has 3 rings (SSSR count). The van der Waals surface area contributed by atoms with E-state index in [1.54, 1.807) is 18.0 Å². The first-order valence-electron chi connectivity index (χ1n) is 7.41. The number of pyridine rings is 1. The van der Waals surface area contributed by atoms with Crippen LogP contribution in [0.5, 0.6) is 0 Å². The smallest absolute Gasteiger partial charge is 0.258 e. The number of halogens is 1. The SMILES string of the molecule is O=C(Nc1ccccc1I)c1cccnc1SC1CCCC1. The molecule has 114 valence electrons. The van der Waals surface area contributed by atoms with Crippen molar-refractivity contribution in [2.75, 3.05) is 5.32 Å². The van der Waals surface area contributed by atoms with Crippen LogP contribution in [0.15, 0.2) is 47.6 Å². The normalized spacial score (nSPS) is 15.0. The van der Waals surface area contributed by atoms with Crippen molar-refractivity contribution in [1.82, 2.24) is 4.98 Å². The molecule has 0 unspecified atom stereocenters. The minimum Gasteiger partial charge on any atom is -0.321 e. The lowest BCUT2D eigenvalue weighted by Crippen LogP contribution is -2.15. The van der Waals surface area contributed by atoms with Crippen LogP contribution in [0, 0.1) is 3.57 Å². The molecule has 1 fully saturated rings. The highest BCUT2D eigenvalue weighted by atomic mass is 127. The first-order chi connectivity index (χ1) is 10.7. The lowest BCUT2D eigenvalue weighted by atomic mass is 10.2. The van der Waals surface area contributed by atoms with Crippen LogP contribution >= 0.6 is 34.4 Å². The van der Waals surface area contributed by atoms with Gasteiger partial charge in [0.05, 0.1) is 11.3 Å². The van der Waals surface area contributed by atoms with Crippen LogP contribution in [0.25, 0.3) is 0 Å². The predicted molar refractivity (Wildman–Crippen MR) is 99.5 cm³/mol. The molecule has 1 amide bonds. The first-order valence-corrected chi connectivity index (χ1v) is 9.37. The van der Waals surface area contributed by atoms with Gasteiger partial charge in [0.15, 0.2) is 0 Å². The van der Waals surface area contributed by atoms with E-state index in [4.69, 9.17) is 0 Å². The number of hydrogen-bond acceptors (Lipinski definition) is 3.